The van der Waals surface area contributed by atoms with Crippen LogP contribution in [0, 0.1) is 34.5 Å². The Morgan fingerprint density at radius 3 is 2.03 bits per heavy atom. The monoisotopic (exact) mass is 514 g/mol. The molecule has 0 N–H and O–H groups in total. The molecule has 6 fully saturated rings. The summed E-state index contributed by atoms with van der Waals surface area (Å²) in [6, 6.07) is 1.39. The van der Waals surface area contributed by atoms with Crippen molar-refractivity contribution in [2.75, 3.05) is 40.3 Å². The zero-order valence-electron chi connectivity index (χ0n) is 25.0. The number of hydrogen-bond acceptors (Lipinski definition) is 2. The summed E-state index contributed by atoms with van der Waals surface area (Å²) in [5.74, 6) is 3.35. The van der Waals surface area contributed by atoms with Gasteiger partial charge in [-0.3, -0.25) is 4.79 Å². The van der Waals surface area contributed by atoms with E-state index in [0.717, 1.165) is 34.2 Å². The van der Waals surface area contributed by atoms with E-state index in [1.807, 2.05) is 0 Å². The second-order valence-electron chi connectivity index (χ2n) is 15.9. The summed E-state index contributed by atoms with van der Waals surface area (Å²) >= 11 is 0. The first-order valence-electron chi connectivity index (χ1n) is 16.4. The van der Waals surface area contributed by atoms with E-state index in [1.54, 1.807) is 6.92 Å². The molecule has 4 heteroatoms. The van der Waals surface area contributed by atoms with E-state index in [9.17, 15) is 4.79 Å². The van der Waals surface area contributed by atoms with Crippen LogP contribution in [-0.4, -0.2) is 73.4 Å². The number of likely N-dealkylation sites (tertiary alicyclic amines) is 2. The molecule has 0 aromatic carbocycles. The first-order valence-corrected chi connectivity index (χ1v) is 16.4. The van der Waals surface area contributed by atoms with Crippen molar-refractivity contribution in [3.05, 3.63) is 0 Å². The number of ether oxygens (including phenoxy) is 1. The Balaban J connectivity index is 1.28. The number of esters is 1. The van der Waals surface area contributed by atoms with Crippen LogP contribution in [0.5, 0.6) is 0 Å². The highest BCUT2D eigenvalue weighted by Crippen LogP contribution is 2.67. The number of rotatable bonds is 3. The molecule has 0 bridgehead atoms. The molecule has 2 heterocycles. The summed E-state index contributed by atoms with van der Waals surface area (Å²) in [5.41, 5.74) is 0.684. The predicted molar refractivity (Wildman–Crippen MR) is 150 cm³/mol. The standard InChI is InChI=1S/C33H58N2O2/c1-24(36)37-31-30(35(5)20-10-7-11-21-35)22-29-27-15-13-25-12-14-26(34(4)18-8-6-9-19-34)23-33(25,3)28(27)16-17-32(29,31)2/h25-31H,6-23H2,1-5H3/q+2/t25?,26-,27-,28+,29+,30+,31+,32+,33+/m1/s1. The fraction of sp³-hybridized carbons (Fsp3) is 0.970. The molecule has 0 aromatic heterocycles. The molecule has 9 atom stereocenters. The van der Waals surface area contributed by atoms with Crippen molar-refractivity contribution in [3.8, 4) is 0 Å². The maximum absolute atomic E-state index is 12.5. The number of fused-ring (bicyclic) bond motifs is 5. The van der Waals surface area contributed by atoms with Crippen molar-refractivity contribution in [2.24, 2.45) is 34.5 Å². The molecule has 4 aliphatic carbocycles. The zero-order chi connectivity index (χ0) is 26.1. The van der Waals surface area contributed by atoms with Crippen LogP contribution in [0.1, 0.15) is 111 Å². The van der Waals surface area contributed by atoms with E-state index >= 15 is 0 Å². The molecule has 0 radical (unpaired) electrons. The molecule has 2 saturated heterocycles. The van der Waals surface area contributed by atoms with Crippen molar-refractivity contribution in [2.45, 2.75) is 129 Å². The second kappa shape index (κ2) is 9.50. The van der Waals surface area contributed by atoms with E-state index in [1.165, 1.54) is 121 Å². The van der Waals surface area contributed by atoms with E-state index in [-0.39, 0.29) is 17.5 Å². The molecule has 0 amide bonds. The molecular weight excluding hydrogens is 456 g/mol. The molecule has 0 aromatic rings. The van der Waals surface area contributed by atoms with Gasteiger partial charge in [0.05, 0.1) is 46.3 Å². The van der Waals surface area contributed by atoms with Gasteiger partial charge < -0.3 is 13.7 Å². The molecule has 4 saturated carbocycles. The zero-order valence-corrected chi connectivity index (χ0v) is 25.0. The smallest absolute Gasteiger partial charge is 0.303 e. The highest BCUT2D eigenvalue weighted by molar-refractivity contribution is 5.66. The number of hydrogen-bond donors (Lipinski definition) is 0. The Morgan fingerprint density at radius 2 is 1.38 bits per heavy atom. The van der Waals surface area contributed by atoms with Gasteiger partial charge in [-0.15, -0.1) is 0 Å². The maximum Gasteiger partial charge on any atom is 0.303 e. The summed E-state index contributed by atoms with van der Waals surface area (Å²) in [5, 5.41) is 0. The fourth-order valence-corrected chi connectivity index (χ4v) is 12.0. The van der Waals surface area contributed by atoms with Gasteiger partial charge in [-0.1, -0.05) is 13.8 Å². The number of likely N-dealkylation sites (N-methyl/N-ethyl adjacent to an activating group) is 1. The van der Waals surface area contributed by atoms with Crippen molar-refractivity contribution in [1.29, 1.82) is 0 Å². The molecule has 1 unspecified atom stereocenters. The molecule has 37 heavy (non-hydrogen) atoms. The molecule has 210 valence electrons. The lowest BCUT2D eigenvalue weighted by atomic mass is 9.44. The molecular formula is C33H58N2O2+2. The topological polar surface area (TPSA) is 26.3 Å². The molecule has 4 nitrogen and oxygen atoms in total. The largest absolute Gasteiger partial charge is 0.456 e. The Labute approximate surface area is 228 Å². The molecule has 6 aliphatic rings. The van der Waals surface area contributed by atoms with E-state index in [0.29, 0.717) is 11.5 Å². The fourth-order valence-electron chi connectivity index (χ4n) is 12.0. The highest BCUT2D eigenvalue weighted by atomic mass is 16.5. The Hall–Kier alpha value is -0.610. The van der Waals surface area contributed by atoms with Crippen LogP contribution in [0.4, 0.5) is 0 Å². The Bertz CT molecular complexity index is 860. The maximum atomic E-state index is 12.5. The van der Waals surface area contributed by atoms with Crippen LogP contribution in [0.15, 0.2) is 0 Å². The summed E-state index contributed by atoms with van der Waals surface area (Å²) in [6.07, 6.45) is 19.8. The minimum absolute atomic E-state index is 0.0492. The van der Waals surface area contributed by atoms with Gasteiger partial charge in [0.25, 0.3) is 0 Å². The van der Waals surface area contributed by atoms with Crippen molar-refractivity contribution < 1.29 is 18.5 Å². The van der Waals surface area contributed by atoms with Crippen molar-refractivity contribution >= 4 is 5.97 Å². The lowest BCUT2D eigenvalue weighted by Gasteiger charge is -2.62. The Morgan fingerprint density at radius 1 is 0.757 bits per heavy atom. The predicted octanol–water partition coefficient (Wildman–Crippen LogP) is 6.57. The van der Waals surface area contributed by atoms with Gasteiger partial charge >= 0.3 is 5.97 Å². The average Bonchev–Trinajstić information content (AvgIpc) is 3.17. The SMILES string of the molecule is CC(=O)O[C@H]1[C@@H]([N+]2(C)CCCCC2)C[C@H]2[C@@H]3CCC4CC[C@@H]([N+]5(C)CCCCC5)C[C@]4(C)[C@H]3CC[C@@]21C. The second-order valence-corrected chi connectivity index (χ2v) is 15.9. The van der Waals surface area contributed by atoms with E-state index in [4.69, 9.17) is 4.74 Å². The Kier molecular flexibility index (Phi) is 6.83. The van der Waals surface area contributed by atoms with Gasteiger partial charge in [0.2, 0.25) is 0 Å². The third-order valence-electron chi connectivity index (χ3n) is 14.2. The number of carbonyl (C=O) groups excluding carboxylic acids is 1. The average molecular weight is 515 g/mol. The van der Waals surface area contributed by atoms with Gasteiger partial charge in [-0.05, 0) is 106 Å². The van der Waals surface area contributed by atoms with Crippen LogP contribution in [0.25, 0.3) is 0 Å². The third kappa shape index (κ3) is 4.25. The minimum atomic E-state index is -0.0492. The van der Waals surface area contributed by atoms with Crippen molar-refractivity contribution in [3.63, 3.8) is 0 Å². The summed E-state index contributed by atoms with van der Waals surface area (Å²) in [6.45, 7) is 12.4. The van der Waals surface area contributed by atoms with Gasteiger partial charge in [-0.2, -0.15) is 0 Å². The quantitative estimate of drug-likeness (QED) is 0.315. The lowest BCUT2D eigenvalue weighted by Crippen LogP contribution is -2.62. The molecule has 0 spiro atoms. The summed E-state index contributed by atoms with van der Waals surface area (Å²) in [7, 11) is 5.12. The van der Waals surface area contributed by atoms with Crippen LogP contribution in [0.3, 0.4) is 0 Å². The van der Waals surface area contributed by atoms with Gasteiger partial charge in [-0.25, -0.2) is 0 Å². The van der Waals surface area contributed by atoms with E-state index in [2.05, 4.69) is 27.9 Å². The molecule has 6 rings (SSSR count). The summed E-state index contributed by atoms with van der Waals surface area (Å²) < 4.78 is 8.90. The lowest BCUT2D eigenvalue weighted by molar-refractivity contribution is -0.940. The first-order chi connectivity index (χ1) is 17.6. The number of quaternary nitrogens is 2. The van der Waals surface area contributed by atoms with Gasteiger partial charge in [0, 0.05) is 25.2 Å². The summed E-state index contributed by atoms with van der Waals surface area (Å²) in [4.78, 5) is 12.5. The van der Waals surface area contributed by atoms with Gasteiger partial charge in [0.1, 0.15) is 6.04 Å². The highest BCUT2D eigenvalue weighted by Gasteiger charge is 2.67. The first kappa shape index (κ1) is 26.6. The molecule has 2 aliphatic heterocycles. The van der Waals surface area contributed by atoms with Crippen LogP contribution < -0.4 is 0 Å². The normalized spacial score (nSPS) is 48.8. The number of piperidine rings is 2. The van der Waals surface area contributed by atoms with Crippen LogP contribution in [-0.2, 0) is 9.53 Å². The minimum Gasteiger partial charge on any atom is -0.456 e. The third-order valence-corrected chi connectivity index (χ3v) is 14.2. The van der Waals surface area contributed by atoms with Crippen LogP contribution >= 0.6 is 0 Å². The number of nitrogens with zero attached hydrogens (tertiary/aromatic N) is 2. The van der Waals surface area contributed by atoms with Gasteiger partial charge in [0.15, 0.2) is 6.10 Å². The number of carbonyl (C=O) groups is 1. The van der Waals surface area contributed by atoms with E-state index < -0.39 is 0 Å². The van der Waals surface area contributed by atoms with Crippen LogP contribution in [0.2, 0.25) is 0 Å². The van der Waals surface area contributed by atoms with Crippen molar-refractivity contribution in [1.82, 2.24) is 0 Å².